The Morgan fingerprint density at radius 3 is 1.83 bits per heavy atom. The number of anilines is 1. The average Bonchev–Trinajstić information content (AvgIpc) is 3.25. The SMILES string of the molecule is CCN(CC)C(=S)SSC(=S)N(CC)CC.Clc1cccc(Cl)c1NC1=NCCN1. The Labute approximate surface area is 209 Å². The van der Waals surface area contributed by atoms with E-state index < -0.39 is 0 Å². The summed E-state index contributed by atoms with van der Waals surface area (Å²) in [6, 6.07) is 5.37. The first-order valence-corrected chi connectivity index (χ1v) is 13.5. The zero-order valence-electron chi connectivity index (χ0n) is 17.7. The second kappa shape index (κ2) is 15.4. The van der Waals surface area contributed by atoms with Gasteiger partial charge in [0.05, 0.1) is 22.3 Å². The Morgan fingerprint density at radius 1 is 1.00 bits per heavy atom. The highest BCUT2D eigenvalue weighted by atomic mass is 35.5. The van der Waals surface area contributed by atoms with Crippen LogP contribution in [-0.2, 0) is 0 Å². The van der Waals surface area contributed by atoms with Crippen LogP contribution in [0.2, 0.25) is 10.0 Å². The zero-order valence-corrected chi connectivity index (χ0v) is 22.5. The Hall–Kier alpha value is -0.450. The highest BCUT2D eigenvalue weighted by Crippen LogP contribution is 2.30. The molecule has 0 aromatic heterocycles. The van der Waals surface area contributed by atoms with Crippen molar-refractivity contribution in [3.05, 3.63) is 28.2 Å². The third-order valence-electron chi connectivity index (χ3n) is 4.11. The van der Waals surface area contributed by atoms with Crippen LogP contribution in [0.4, 0.5) is 5.69 Å². The summed E-state index contributed by atoms with van der Waals surface area (Å²) in [5.41, 5.74) is 0.698. The topological polar surface area (TPSA) is 42.9 Å². The summed E-state index contributed by atoms with van der Waals surface area (Å²) in [4.78, 5) is 8.52. The van der Waals surface area contributed by atoms with E-state index in [2.05, 4.69) is 53.1 Å². The molecule has 0 saturated heterocycles. The number of guanidine groups is 1. The second-order valence-electron chi connectivity index (χ2n) is 5.92. The van der Waals surface area contributed by atoms with Gasteiger partial charge in [-0.3, -0.25) is 4.99 Å². The van der Waals surface area contributed by atoms with Gasteiger partial charge in [-0.05, 0) is 61.4 Å². The summed E-state index contributed by atoms with van der Waals surface area (Å²) in [5.74, 6) is 0.722. The highest BCUT2D eigenvalue weighted by Gasteiger charge is 2.11. The minimum atomic E-state index is 0.592. The largest absolute Gasteiger partial charge is 0.357 e. The van der Waals surface area contributed by atoms with Crippen molar-refractivity contribution in [3.63, 3.8) is 0 Å². The lowest BCUT2D eigenvalue weighted by molar-refractivity contribution is 0.482. The summed E-state index contributed by atoms with van der Waals surface area (Å²) >= 11 is 22.6. The van der Waals surface area contributed by atoms with Crippen LogP contribution >= 0.6 is 69.2 Å². The third-order valence-corrected chi connectivity index (χ3v) is 8.47. The minimum absolute atomic E-state index is 0.592. The molecule has 0 fully saturated rings. The molecule has 0 atom stereocenters. The lowest BCUT2D eigenvalue weighted by Gasteiger charge is -2.23. The molecule has 168 valence electrons. The number of halogens is 2. The molecule has 5 nitrogen and oxygen atoms in total. The van der Waals surface area contributed by atoms with Gasteiger partial charge in [0, 0.05) is 32.7 Å². The maximum atomic E-state index is 5.98. The Balaban J connectivity index is 0.000000301. The molecule has 0 amide bonds. The van der Waals surface area contributed by atoms with Gasteiger partial charge >= 0.3 is 0 Å². The number of para-hydroxylation sites is 1. The van der Waals surface area contributed by atoms with E-state index in [-0.39, 0.29) is 0 Å². The van der Waals surface area contributed by atoms with E-state index in [0.29, 0.717) is 15.7 Å². The Morgan fingerprint density at radius 2 is 1.47 bits per heavy atom. The molecular formula is C19H29Cl2N5S4. The molecule has 0 saturated carbocycles. The number of hydrogen-bond donors (Lipinski definition) is 2. The van der Waals surface area contributed by atoms with Crippen LogP contribution in [0.1, 0.15) is 27.7 Å². The van der Waals surface area contributed by atoms with Crippen LogP contribution in [0.25, 0.3) is 0 Å². The smallest absolute Gasteiger partial charge is 0.196 e. The molecule has 0 bridgehead atoms. The van der Waals surface area contributed by atoms with Crippen molar-refractivity contribution in [3.8, 4) is 0 Å². The number of rotatable bonds is 5. The third kappa shape index (κ3) is 9.36. The number of aliphatic imine (C=N–C) groups is 1. The molecular weight excluding hydrogens is 497 g/mol. The summed E-state index contributed by atoms with van der Waals surface area (Å²) in [6.45, 7) is 13.9. The molecule has 0 spiro atoms. The number of nitrogens with one attached hydrogen (secondary N) is 2. The summed E-state index contributed by atoms with van der Waals surface area (Å²) in [7, 11) is 3.18. The molecule has 1 aromatic carbocycles. The highest BCUT2D eigenvalue weighted by molar-refractivity contribution is 8.89. The van der Waals surface area contributed by atoms with Gasteiger partial charge in [-0.1, -0.05) is 53.7 Å². The van der Waals surface area contributed by atoms with Crippen LogP contribution in [0.5, 0.6) is 0 Å². The molecule has 0 aliphatic carbocycles. The quantitative estimate of drug-likeness (QED) is 0.359. The molecule has 0 radical (unpaired) electrons. The van der Waals surface area contributed by atoms with Crippen LogP contribution in [-0.4, -0.2) is 63.7 Å². The summed E-state index contributed by atoms with van der Waals surface area (Å²) < 4.78 is 1.84. The molecule has 2 rings (SSSR count). The van der Waals surface area contributed by atoms with E-state index in [9.17, 15) is 0 Å². The van der Waals surface area contributed by atoms with Gasteiger partial charge in [-0.25, -0.2) is 0 Å². The molecule has 30 heavy (non-hydrogen) atoms. The van der Waals surface area contributed by atoms with Crippen molar-refractivity contribution < 1.29 is 0 Å². The van der Waals surface area contributed by atoms with Crippen LogP contribution in [0, 0.1) is 0 Å². The fourth-order valence-electron chi connectivity index (χ4n) is 2.36. The molecule has 1 aromatic rings. The van der Waals surface area contributed by atoms with Crippen molar-refractivity contribution >= 4 is 89.5 Å². The Kier molecular flexibility index (Phi) is 14.1. The predicted molar refractivity (Wildman–Crippen MR) is 147 cm³/mol. The molecule has 1 aliphatic rings. The first kappa shape index (κ1) is 27.6. The molecule has 2 N–H and O–H groups in total. The van der Waals surface area contributed by atoms with Crippen molar-refractivity contribution in [1.82, 2.24) is 15.1 Å². The van der Waals surface area contributed by atoms with Crippen molar-refractivity contribution in [2.24, 2.45) is 4.99 Å². The second-order valence-corrected chi connectivity index (χ2v) is 10.1. The van der Waals surface area contributed by atoms with Gasteiger partial charge in [0.25, 0.3) is 0 Å². The lowest BCUT2D eigenvalue weighted by Crippen LogP contribution is -2.28. The van der Waals surface area contributed by atoms with Gasteiger partial charge in [0.2, 0.25) is 0 Å². The lowest BCUT2D eigenvalue weighted by atomic mass is 10.3. The van der Waals surface area contributed by atoms with E-state index in [4.69, 9.17) is 47.6 Å². The summed E-state index contributed by atoms with van der Waals surface area (Å²) in [6.07, 6.45) is 0. The van der Waals surface area contributed by atoms with Gasteiger partial charge in [-0.2, -0.15) is 0 Å². The minimum Gasteiger partial charge on any atom is -0.357 e. The average molecular weight is 527 g/mol. The first-order valence-electron chi connectivity index (χ1n) is 9.79. The first-order chi connectivity index (χ1) is 14.4. The van der Waals surface area contributed by atoms with Crippen LogP contribution in [0.15, 0.2) is 23.2 Å². The van der Waals surface area contributed by atoms with Crippen molar-refractivity contribution in [2.45, 2.75) is 27.7 Å². The fourth-order valence-corrected chi connectivity index (χ4v) is 5.91. The van der Waals surface area contributed by atoms with Gasteiger partial charge in [0.1, 0.15) is 8.64 Å². The van der Waals surface area contributed by atoms with Crippen molar-refractivity contribution in [2.75, 3.05) is 44.6 Å². The maximum Gasteiger partial charge on any atom is 0.196 e. The molecule has 0 unspecified atom stereocenters. The van der Waals surface area contributed by atoms with Gasteiger partial charge in [0.15, 0.2) is 5.96 Å². The number of hydrogen-bond acceptors (Lipinski definition) is 7. The Bertz CT molecular complexity index is 681. The number of benzene rings is 1. The fraction of sp³-hybridized carbons (Fsp3) is 0.526. The predicted octanol–water partition coefficient (Wildman–Crippen LogP) is 5.99. The van der Waals surface area contributed by atoms with Crippen LogP contribution in [0.3, 0.4) is 0 Å². The monoisotopic (exact) mass is 525 g/mol. The van der Waals surface area contributed by atoms with Crippen LogP contribution < -0.4 is 10.6 Å². The number of thiocarbonyl (C=S) groups is 2. The van der Waals surface area contributed by atoms with E-state index in [1.165, 1.54) is 0 Å². The molecule has 11 heteroatoms. The number of nitrogens with zero attached hydrogens (tertiary/aromatic N) is 3. The standard InChI is InChI=1S/C10H20N2S4.C9H9Cl2N3/c1-5-11(6-2)9(13)15-16-10(14)12(7-3)8-4;10-6-2-1-3-7(11)8(6)14-9-12-4-5-13-9/h5-8H2,1-4H3;1-3H,4-5H2,(H2,12,13,14). The van der Waals surface area contributed by atoms with Gasteiger partial charge < -0.3 is 20.4 Å². The van der Waals surface area contributed by atoms with E-state index in [0.717, 1.165) is 53.9 Å². The molecule has 1 heterocycles. The van der Waals surface area contributed by atoms with Crippen molar-refractivity contribution in [1.29, 1.82) is 0 Å². The normalized spacial score (nSPS) is 12.3. The molecule has 1 aliphatic heterocycles. The maximum absolute atomic E-state index is 5.98. The van der Waals surface area contributed by atoms with E-state index >= 15 is 0 Å². The van der Waals surface area contributed by atoms with E-state index in [1.807, 2.05) is 0 Å². The van der Waals surface area contributed by atoms with E-state index in [1.54, 1.807) is 39.8 Å². The summed E-state index contributed by atoms with van der Waals surface area (Å²) in [5, 5.41) is 7.32. The van der Waals surface area contributed by atoms with Gasteiger partial charge in [-0.15, -0.1) is 0 Å². The zero-order chi connectivity index (χ0) is 22.5.